The van der Waals surface area contributed by atoms with E-state index in [2.05, 4.69) is 0 Å². The van der Waals surface area contributed by atoms with Gasteiger partial charge in [-0.2, -0.15) is 13.2 Å². The number of halogens is 3. The van der Waals surface area contributed by atoms with Crippen LogP contribution in [0.25, 0.3) is 11.1 Å². The van der Waals surface area contributed by atoms with Gasteiger partial charge in [0, 0.05) is 23.8 Å². The van der Waals surface area contributed by atoms with E-state index >= 15 is 0 Å². The van der Waals surface area contributed by atoms with Crippen molar-refractivity contribution >= 4 is 5.97 Å². The summed E-state index contributed by atoms with van der Waals surface area (Å²) in [5, 5.41) is 0. The van der Waals surface area contributed by atoms with Crippen LogP contribution in [-0.4, -0.2) is 26.4 Å². The molecule has 4 nitrogen and oxygen atoms in total. The SMILES string of the molecule is COc1cccc(COC(=O)C(OC)(c2ccccc2)C(F)(F)F)c1-c1ccccc1C. The van der Waals surface area contributed by atoms with E-state index in [-0.39, 0.29) is 5.56 Å². The van der Waals surface area contributed by atoms with Crippen LogP contribution in [0, 0.1) is 6.92 Å². The molecule has 0 aliphatic rings. The van der Waals surface area contributed by atoms with Gasteiger partial charge in [-0.25, -0.2) is 4.79 Å². The highest BCUT2D eigenvalue weighted by atomic mass is 19.4. The Morgan fingerprint density at radius 1 is 0.875 bits per heavy atom. The highest BCUT2D eigenvalue weighted by Crippen LogP contribution is 2.43. The van der Waals surface area contributed by atoms with Gasteiger partial charge in [0.15, 0.2) is 0 Å². The zero-order valence-electron chi connectivity index (χ0n) is 17.9. The first-order valence-electron chi connectivity index (χ1n) is 9.82. The molecule has 7 heteroatoms. The van der Waals surface area contributed by atoms with Crippen molar-refractivity contribution in [2.24, 2.45) is 0 Å². The number of hydrogen-bond acceptors (Lipinski definition) is 4. The van der Waals surface area contributed by atoms with E-state index in [1.54, 1.807) is 24.3 Å². The number of benzene rings is 3. The van der Waals surface area contributed by atoms with Gasteiger partial charge in [0.2, 0.25) is 0 Å². The second-order valence-electron chi connectivity index (χ2n) is 7.13. The molecule has 1 unspecified atom stereocenters. The molecule has 1 atom stereocenters. The first-order chi connectivity index (χ1) is 15.3. The summed E-state index contributed by atoms with van der Waals surface area (Å²) in [6.07, 6.45) is -5.03. The summed E-state index contributed by atoms with van der Waals surface area (Å²) in [5.74, 6) is -1.03. The summed E-state index contributed by atoms with van der Waals surface area (Å²) in [4.78, 5) is 12.9. The normalized spacial score (nSPS) is 13.3. The van der Waals surface area contributed by atoms with Crippen molar-refractivity contribution in [3.05, 3.63) is 89.5 Å². The van der Waals surface area contributed by atoms with E-state index in [1.165, 1.54) is 31.4 Å². The van der Waals surface area contributed by atoms with Gasteiger partial charge in [-0.05, 0) is 24.1 Å². The summed E-state index contributed by atoms with van der Waals surface area (Å²) < 4.78 is 57.8. The number of ether oxygens (including phenoxy) is 3. The Morgan fingerprint density at radius 3 is 2.12 bits per heavy atom. The predicted octanol–water partition coefficient (Wildman–Crippen LogP) is 5.82. The zero-order valence-corrected chi connectivity index (χ0v) is 17.9. The summed E-state index contributed by atoms with van der Waals surface area (Å²) in [6, 6.07) is 19.3. The average Bonchev–Trinajstić information content (AvgIpc) is 2.78. The van der Waals surface area contributed by atoms with Gasteiger partial charge in [0.1, 0.15) is 12.4 Å². The molecule has 0 saturated heterocycles. The van der Waals surface area contributed by atoms with E-state index in [0.29, 0.717) is 16.9 Å². The maximum Gasteiger partial charge on any atom is 0.432 e. The third-order valence-electron chi connectivity index (χ3n) is 5.28. The summed E-state index contributed by atoms with van der Waals surface area (Å²) >= 11 is 0. The molecule has 0 amide bonds. The van der Waals surface area contributed by atoms with Gasteiger partial charge in [-0.15, -0.1) is 0 Å². The smallest absolute Gasteiger partial charge is 0.432 e. The summed E-state index contributed by atoms with van der Waals surface area (Å²) in [7, 11) is 2.34. The molecule has 3 rings (SSSR count). The van der Waals surface area contributed by atoms with Crippen LogP contribution >= 0.6 is 0 Å². The molecule has 0 aromatic heterocycles. The number of aryl methyl sites for hydroxylation is 1. The van der Waals surface area contributed by atoms with Gasteiger partial charge in [-0.3, -0.25) is 0 Å². The van der Waals surface area contributed by atoms with E-state index in [1.807, 2.05) is 31.2 Å². The van der Waals surface area contributed by atoms with Crippen molar-refractivity contribution in [2.75, 3.05) is 14.2 Å². The standard InChI is InChI=1S/C25H23F3O4/c1-17-10-7-8-14-20(17)22-18(11-9-15-21(22)30-2)16-32-23(29)24(31-3,25(26,27)28)19-12-5-4-6-13-19/h4-15H,16H2,1-3H3. The van der Waals surface area contributed by atoms with Crippen molar-refractivity contribution in [3.63, 3.8) is 0 Å². The fourth-order valence-electron chi connectivity index (χ4n) is 3.66. The van der Waals surface area contributed by atoms with Crippen molar-refractivity contribution in [1.29, 1.82) is 0 Å². The van der Waals surface area contributed by atoms with Crippen LogP contribution in [0.2, 0.25) is 0 Å². The molecule has 0 heterocycles. The predicted molar refractivity (Wildman–Crippen MR) is 114 cm³/mol. The summed E-state index contributed by atoms with van der Waals surface area (Å²) in [5.41, 5.74) is -0.674. The molecule has 0 bridgehead atoms. The topological polar surface area (TPSA) is 44.8 Å². The molecule has 0 radical (unpaired) electrons. The Kier molecular flexibility index (Phi) is 6.89. The third kappa shape index (κ3) is 4.21. The van der Waals surface area contributed by atoms with E-state index in [9.17, 15) is 18.0 Å². The lowest BCUT2D eigenvalue weighted by atomic mass is 9.92. The second kappa shape index (κ2) is 9.44. The number of carbonyl (C=O) groups is 1. The lowest BCUT2D eigenvalue weighted by molar-refractivity contribution is -0.276. The average molecular weight is 444 g/mol. The number of rotatable bonds is 7. The molecule has 32 heavy (non-hydrogen) atoms. The third-order valence-corrected chi connectivity index (χ3v) is 5.28. The molecule has 0 spiro atoms. The maximum absolute atomic E-state index is 14.1. The van der Waals surface area contributed by atoms with Crippen LogP contribution in [0.15, 0.2) is 72.8 Å². The molecule has 0 saturated carbocycles. The Labute approximate surface area is 184 Å². The number of carbonyl (C=O) groups excluding carboxylic acids is 1. The minimum Gasteiger partial charge on any atom is -0.496 e. The van der Waals surface area contributed by atoms with Crippen molar-refractivity contribution in [1.82, 2.24) is 0 Å². The highest BCUT2D eigenvalue weighted by Gasteiger charge is 2.64. The van der Waals surface area contributed by atoms with Gasteiger partial charge in [0.25, 0.3) is 5.60 Å². The quantitative estimate of drug-likeness (QED) is 0.431. The van der Waals surface area contributed by atoms with Crippen molar-refractivity contribution < 1.29 is 32.2 Å². The van der Waals surface area contributed by atoms with E-state index in [0.717, 1.165) is 18.2 Å². The number of hydrogen-bond donors (Lipinski definition) is 0. The van der Waals surface area contributed by atoms with Crippen LogP contribution < -0.4 is 4.74 Å². The number of methoxy groups -OCH3 is 2. The lowest BCUT2D eigenvalue weighted by Crippen LogP contribution is -2.51. The van der Waals surface area contributed by atoms with Crippen LogP contribution in [0.3, 0.4) is 0 Å². The molecule has 3 aromatic rings. The van der Waals surface area contributed by atoms with Gasteiger partial charge in [0.05, 0.1) is 7.11 Å². The number of alkyl halides is 3. The first kappa shape index (κ1) is 23.3. The monoisotopic (exact) mass is 444 g/mol. The van der Waals surface area contributed by atoms with Crippen LogP contribution in [0.1, 0.15) is 16.7 Å². The van der Waals surface area contributed by atoms with E-state index in [4.69, 9.17) is 14.2 Å². The molecule has 0 fully saturated rings. The molecule has 0 aliphatic heterocycles. The Hall–Kier alpha value is -3.32. The lowest BCUT2D eigenvalue weighted by Gasteiger charge is -2.32. The highest BCUT2D eigenvalue weighted by molar-refractivity contribution is 5.83. The van der Waals surface area contributed by atoms with Crippen molar-refractivity contribution in [3.8, 4) is 16.9 Å². The van der Waals surface area contributed by atoms with Gasteiger partial charge in [-0.1, -0.05) is 66.7 Å². The summed E-state index contributed by atoms with van der Waals surface area (Å²) in [6.45, 7) is 1.51. The minimum atomic E-state index is -5.03. The van der Waals surface area contributed by atoms with Gasteiger partial charge < -0.3 is 14.2 Å². The molecular formula is C25H23F3O4. The maximum atomic E-state index is 14.1. The first-order valence-corrected chi connectivity index (χ1v) is 9.82. The fourth-order valence-corrected chi connectivity index (χ4v) is 3.66. The number of esters is 1. The molecule has 3 aromatic carbocycles. The minimum absolute atomic E-state index is 0.357. The Morgan fingerprint density at radius 2 is 1.53 bits per heavy atom. The second-order valence-corrected chi connectivity index (χ2v) is 7.13. The van der Waals surface area contributed by atoms with E-state index < -0.39 is 24.4 Å². The molecular weight excluding hydrogens is 421 g/mol. The fraction of sp³-hybridized carbons (Fsp3) is 0.240. The van der Waals surface area contributed by atoms with Crippen LogP contribution in [0.5, 0.6) is 5.75 Å². The Bertz CT molecular complexity index is 1080. The Balaban J connectivity index is 2.01. The molecule has 168 valence electrons. The largest absolute Gasteiger partial charge is 0.496 e. The van der Waals surface area contributed by atoms with Crippen LogP contribution in [0.4, 0.5) is 13.2 Å². The van der Waals surface area contributed by atoms with Crippen molar-refractivity contribution in [2.45, 2.75) is 25.3 Å². The zero-order chi connectivity index (χ0) is 23.4. The van der Waals surface area contributed by atoms with Gasteiger partial charge >= 0.3 is 12.1 Å². The molecule has 0 N–H and O–H groups in total. The molecule has 0 aliphatic carbocycles. The van der Waals surface area contributed by atoms with Crippen LogP contribution in [-0.2, 0) is 26.5 Å².